The van der Waals surface area contributed by atoms with E-state index in [0.29, 0.717) is 11.2 Å². The van der Waals surface area contributed by atoms with Gasteiger partial charge in [-0.3, -0.25) is 0 Å². The molecular weight excluding hydrogens is 216 g/mol. The van der Waals surface area contributed by atoms with Crippen LogP contribution in [0, 0.1) is 0 Å². The van der Waals surface area contributed by atoms with Crippen LogP contribution in [0.2, 0.25) is 0 Å². The predicted molar refractivity (Wildman–Crippen MR) is 70.0 cm³/mol. The number of thioether (sulfide) groups is 1. The number of aliphatic hydroxyl groups excluding tert-OH is 1. The van der Waals surface area contributed by atoms with E-state index in [0.717, 1.165) is 12.8 Å². The van der Waals surface area contributed by atoms with E-state index < -0.39 is 0 Å². The molecule has 1 aromatic rings. The van der Waals surface area contributed by atoms with Gasteiger partial charge in [-0.15, -0.1) is 11.8 Å². The van der Waals surface area contributed by atoms with Crippen molar-refractivity contribution in [2.24, 2.45) is 0 Å². The van der Waals surface area contributed by atoms with E-state index in [-0.39, 0.29) is 6.10 Å². The molecule has 0 aliphatic heterocycles. The summed E-state index contributed by atoms with van der Waals surface area (Å²) in [7, 11) is 0. The fourth-order valence-corrected chi connectivity index (χ4v) is 3.37. The molecule has 0 radical (unpaired) electrons. The highest BCUT2D eigenvalue weighted by atomic mass is 32.2. The molecule has 2 heteroatoms. The predicted octanol–water partition coefficient (Wildman–Crippen LogP) is 3.82. The van der Waals surface area contributed by atoms with Crippen LogP contribution in [-0.4, -0.2) is 16.5 Å². The lowest BCUT2D eigenvalue weighted by molar-refractivity contribution is 0.188. The molecule has 2 rings (SSSR count). The van der Waals surface area contributed by atoms with Crippen LogP contribution in [0.3, 0.4) is 0 Å². The fourth-order valence-electron chi connectivity index (χ4n) is 2.15. The van der Waals surface area contributed by atoms with E-state index in [9.17, 15) is 5.11 Å². The Kier molecular flexibility index (Phi) is 3.93. The molecule has 0 aromatic heterocycles. The van der Waals surface area contributed by atoms with Gasteiger partial charge in [0.1, 0.15) is 0 Å². The zero-order valence-corrected chi connectivity index (χ0v) is 10.8. The molecule has 1 N–H and O–H groups in total. The maximum atomic E-state index is 9.77. The highest BCUT2D eigenvalue weighted by Crippen LogP contribution is 2.35. The summed E-state index contributed by atoms with van der Waals surface area (Å²) < 4.78 is 0. The molecule has 0 heterocycles. The first-order valence-electron chi connectivity index (χ1n) is 6.11. The van der Waals surface area contributed by atoms with Gasteiger partial charge >= 0.3 is 0 Å². The van der Waals surface area contributed by atoms with E-state index in [1.807, 2.05) is 11.8 Å². The first kappa shape index (κ1) is 12.0. The second kappa shape index (κ2) is 5.24. The van der Waals surface area contributed by atoms with Gasteiger partial charge < -0.3 is 5.11 Å². The Morgan fingerprint density at radius 3 is 2.38 bits per heavy atom. The van der Waals surface area contributed by atoms with Gasteiger partial charge in [-0.25, -0.2) is 0 Å². The van der Waals surface area contributed by atoms with Gasteiger partial charge in [-0.2, -0.15) is 0 Å². The molecule has 88 valence electrons. The Morgan fingerprint density at radius 2 is 1.88 bits per heavy atom. The van der Waals surface area contributed by atoms with Crippen LogP contribution in [-0.2, 0) is 0 Å². The van der Waals surface area contributed by atoms with Gasteiger partial charge in [0, 0.05) is 10.1 Å². The number of hydrogen-bond acceptors (Lipinski definition) is 2. The van der Waals surface area contributed by atoms with Crippen molar-refractivity contribution in [2.45, 2.75) is 55.3 Å². The summed E-state index contributed by atoms with van der Waals surface area (Å²) in [6, 6.07) is 8.78. The third-order valence-electron chi connectivity index (χ3n) is 3.25. The van der Waals surface area contributed by atoms with E-state index in [2.05, 4.69) is 38.1 Å². The summed E-state index contributed by atoms with van der Waals surface area (Å²) in [5.74, 6) is 0.594. The molecule has 0 amide bonds. The van der Waals surface area contributed by atoms with Gasteiger partial charge in [-0.1, -0.05) is 26.0 Å². The molecule has 1 aliphatic carbocycles. The van der Waals surface area contributed by atoms with Crippen molar-refractivity contribution in [3.05, 3.63) is 29.8 Å². The Labute approximate surface area is 102 Å². The largest absolute Gasteiger partial charge is 0.392 e. The number of benzene rings is 1. The van der Waals surface area contributed by atoms with Crippen LogP contribution in [0.1, 0.15) is 44.6 Å². The molecule has 0 unspecified atom stereocenters. The van der Waals surface area contributed by atoms with Gasteiger partial charge in [-0.05, 0) is 42.9 Å². The SMILES string of the molecule is CC(C)c1ccc(S[C@@H]2CCC[C@H]2O)cc1. The Hall–Kier alpha value is -0.470. The highest BCUT2D eigenvalue weighted by molar-refractivity contribution is 8.00. The molecule has 0 bridgehead atoms. The molecule has 2 atom stereocenters. The van der Waals surface area contributed by atoms with E-state index in [4.69, 9.17) is 0 Å². The second-order valence-corrected chi connectivity index (χ2v) is 6.19. The molecule has 1 aliphatic rings. The van der Waals surface area contributed by atoms with Crippen molar-refractivity contribution < 1.29 is 5.11 Å². The van der Waals surface area contributed by atoms with Crippen molar-refractivity contribution in [2.75, 3.05) is 0 Å². The molecule has 16 heavy (non-hydrogen) atoms. The topological polar surface area (TPSA) is 20.2 Å². The number of rotatable bonds is 3. The van der Waals surface area contributed by atoms with Crippen molar-refractivity contribution >= 4 is 11.8 Å². The first-order chi connectivity index (χ1) is 7.66. The lowest BCUT2D eigenvalue weighted by atomic mass is 10.0. The average Bonchev–Trinajstić information content (AvgIpc) is 2.65. The van der Waals surface area contributed by atoms with Crippen molar-refractivity contribution in [3.63, 3.8) is 0 Å². The smallest absolute Gasteiger partial charge is 0.0662 e. The average molecular weight is 236 g/mol. The maximum Gasteiger partial charge on any atom is 0.0662 e. The normalized spacial score (nSPS) is 25.2. The second-order valence-electron chi connectivity index (χ2n) is 4.88. The maximum absolute atomic E-state index is 9.77. The summed E-state index contributed by atoms with van der Waals surface area (Å²) in [4.78, 5) is 1.29. The van der Waals surface area contributed by atoms with Crippen LogP contribution >= 0.6 is 11.8 Å². The minimum Gasteiger partial charge on any atom is -0.392 e. The van der Waals surface area contributed by atoms with Crippen molar-refractivity contribution in [3.8, 4) is 0 Å². The van der Waals surface area contributed by atoms with E-state index in [1.54, 1.807) is 0 Å². The molecule has 0 saturated heterocycles. The van der Waals surface area contributed by atoms with Gasteiger partial charge in [0.05, 0.1) is 6.10 Å². The summed E-state index contributed by atoms with van der Waals surface area (Å²) in [6.07, 6.45) is 3.19. The summed E-state index contributed by atoms with van der Waals surface area (Å²) in [5, 5.41) is 10.2. The Balaban J connectivity index is 1.99. The first-order valence-corrected chi connectivity index (χ1v) is 6.99. The standard InChI is InChI=1S/C14H20OS/c1-10(2)11-6-8-12(9-7-11)16-14-5-3-4-13(14)15/h6-10,13-15H,3-5H2,1-2H3/t13-,14-/m1/s1. The minimum atomic E-state index is -0.102. The van der Waals surface area contributed by atoms with Crippen LogP contribution in [0.25, 0.3) is 0 Å². The minimum absolute atomic E-state index is 0.102. The third-order valence-corrected chi connectivity index (χ3v) is 4.65. The third kappa shape index (κ3) is 2.80. The highest BCUT2D eigenvalue weighted by Gasteiger charge is 2.25. The molecule has 1 saturated carbocycles. The lowest BCUT2D eigenvalue weighted by Gasteiger charge is -2.14. The molecule has 0 spiro atoms. The van der Waals surface area contributed by atoms with E-state index in [1.165, 1.54) is 16.9 Å². The van der Waals surface area contributed by atoms with E-state index >= 15 is 0 Å². The van der Waals surface area contributed by atoms with Crippen molar-refractivity contribution in [1.29, 1.82) is 0 Å². The van der Waals surface area contributed by atoms with Crippen LogP contribution in [0.5, 0.6) is 0 Å². The van der Waals surface area contributed by atoms with Crippen molar-refractivity contribution in [1.82, 2.24) is 0 Å². The fraction of sp³-hybridized carbons (Fsp3) is 0.571. The Morgan fingerprint density at radius 1 is 1.19 bits per heavy atom. The number of aliphatic hydroxyl groups is 1. The summed E-state index contributed by atoms with van der Waals surface area (Å²) >= 11 is 1.83. The van der Waals surface area contributed by atoms with Crippen LogP contribution in [0.15, 0.2) is 29.2 Å². The zero-order valence-electron chi connectivity index (χ0n) is 10.0. The summed E-state index contributed by atoms with van der Waals surface area (Å²) in [5.41, 5.74) is 1.39. The molecule has 1 aromatic carbocycles. The van der Waals surface area contributed by atoms with Crippen LogP contribution < -0.4 is 0 Å². The molecule has 1 nitrogen and oxygen atoms in total. The quantitative estimate of drug-likeness (QED) is 0.861. The monoisotopic (exact) mass is 236 g/mol. The summed E-state index contributed by atoms with van der Waals surface area (Å²) in [6.45, 7) is 4.42. The Bertz CT molecular complexity index is 331. The number of hydrogen-bond donors (Lipinski definition) is 1. The molecular formula is C14H20OS. The zero-order chi connectivity index (χ0) is 11.5. The lowest BCUT2D eigenvalue weighted by Crippen LogP contribution is -2.14. The molecule has 1 fully saturated rings. The van der Waals surface area contributed by atoms with Crippen LogP contribution in [0.4, 0.5) is 0 Å². The van der Waals surface area contributed by atoms with Gasteiger partial charge in [0.25, 0.3) is 0 Å². The van der Waals surface area contributed by atoms with Gasteiger partial charge in [0.2, 0.25) is 0 Å². The van der Waals surface area contributed by atoms with Gasteiger partial charge in [0.15, 0.2) is 0 Å².